The average molecular weight is 365 g/mol. The van der Waals surface area contributed by atoms with Crippen LogP contribution < -0.4 is 10.2 Å². The Hall–Kier alpha value is -2.82. The van der Waals surface area contributed by atoms with Crippen molar-refractivity contribution in [1.29, 1.82) is 0 Å². The molecule has 2 amide bonds. The van der Waals surface area contributed by atoms with Gasteiger partial charge < -0.3 is 15.1 Å². The van der Waals surface area contributed by atoms with Gasteiger partial charge in [-0.2, -0.15) is 0 Å². The molecule has 3 rings (SSSR count). The van der Waals surface area contributed by atoms with Crippen molar-refractivity contribution < 1.29 is 9.59 Å². The Morgan fingerprint density at radius 1 is 0.926 bits per heavy atom. The number of benzene rings is 2. The average Bonchev–Trinajstić information content (AvgIpc) is 2.69. The lowest BCUT2D eigenvalue weighted by atomic mass is 10.1. The molecule has 5 nitrogen and oxygen atoms in total. The summed E-state index contributed by atoms with van der Waals surface area (Å²) < 4.78 is 0. The van der Waals surface area contributed by atoms with Crippen molar-refractivity contribution in [2.45, 2.75) is 26.7 Å². The van der Waals surface area contributed by atoms with E-state index in [4.69, 9.17) is 0 Å². The minimum atomic E-state index is 0.0495. The fraction of sp³-hybridized carbons (Fsp3) is 0.364. The van der Waals surface area contributed by atoms with Gasteiger partial charge in [0.15, 0.2) is 0 Å². The van der Waals surface area contributed by atoms with Crippen LogP contribution in [-0.4, -0.2) is 42.9 Å². The van der Waals surface area contributed by atoms with Crippen molar-refractivity contribution in [3.63, 3.8) is 0 Å². The van der Waals surface area contributed by atoms with Crippen LogP contribution in [0, 0.1) is 6.92 Å². The van der Waals surface area contributed by atoms with Crippen molar-refractivity contribution in [3.8, 4) is 0 Å². The third kappa shape index (κ3) is 4.88. The molecule has 0 aliphatic carbocycles. The molecule has 27 heavy (non-hydrogen) atoms. The number of amides is 2. The molecule has 2 aromatic rings. The molecule has 0 bridgehead atoms. The van der Waals surface area contributed by atoms with Gasteiger partial charge in [-0.15, -0.1) is 0 Å². The highest BCUT2D eigenvalue weighted by Crippen LogP contribution is 2.20. The monoisotopic (exact) mass is 365 g/mol. The van der Waals surface area contributed by atoms with Gasteiger partial charge in [-0.25, -0.2) is 0 Å². The molecule has 5 heteroatoms. The predicted octanol–water partition coefficient (Wildman–Crippen LogP) is 3.70. The maximum Gasteiger partial charge on any atom is 0.253 e. The van der Waals surface area contributed by atoms with Crippen LogP contribution in [0.15, 0.2) is 48.5 Å². The zero-order valence-electron chi connectivity index (χ0n) is 16.1. The predicted molar refractivity (Wildman–Crippen MR) is 109 cm³/mol. The molecule has 2 aromatic carbocycles. The highest BCUT2D eigenvalue weighted by atomic mass is 16.2. The Morgan fingerprint density at radius 3 is 2.15 bits per heavy atom. The first kappa shape index (κ1) is 19.0. The van der Waals surface area contributed by atoms with Crippen LogP contribution in [0.2, 0.25) is 0 Å². The third-order valence-electron chi connectivity index (χ3n) is 4.86. The smallest absolute Gasteiger partial charge is 0.253 e. The molecule has 142 valence electrons. The lowest BCUT2D eigenvalue weighted by Gasteiger charge is -2.36. The molecular weight excluding hydrogens is 338 g/mol. The second-order valence-electron chi connectivity index (χ2n) is 6.99. The molecular formula is C22H27N3O2. The van der Waals surface area contributed by atoms with E-state index in [1.54, 1.807) is 0 Å². The minimum absolute atomic E-state index is 0.0495. The largest absolute Gasteiger partial charge is 0.368 e. The second-order valence-corrected chi connectivity index (χ2v) is 6.99. The molecule has 1 aliphatic heterocycles. The molecule has 1 heterocycles. The molecule has 1 N–H and O–H groups in total. The molecule has 0 radical (unpaired) electrons. The molecule has 0 atom stereocenters. The van der Waals surface area contributed by atoms with Crippen molar-refractivity contribution >= 4 is 23.2 Å². The molecule has 1 aliphatic rings. The van der Waals surface area contributed by atoms with Crippen molar-refractivity contribution in [2.24, 2.45) is 0 Å². The van der Waals surface area contributed by atoms with E-state index in [2.05, 4.69) is 10.2 Å². The summed E-state index contributed by atoms with van der Waals surface area (Å²) in [4.78, 5) is 28.5. The topological polar surface area (TPSA) is 52.7 Å². The molecule has 1 fully saturated rings. The Morgan fingerprint density at radius 2 is 1.56 bits per heavy atom. The Bertz CT molecular complexity index is 776. The molecule has 0 saturated carbocycles. The summed E-state index contributed by atoms with van der Waals surface area (Å²) in [5.41, 5.74) is 3.85. The summed E-state index contributed by atoms with van der Waals surface area (Å²) in [7, 11) is 0. The fourth-order valence-corrected chi connectivity index (χ4v) is 3.25. The highest BCUT2D eigenvalue weighted by molar-refractivity contribution is 5.94. The summed E-state index contributed by atoms with van der Waals surface area (Å²) in [5, 5.41) is 2.91. The third-order valence-corrected chi connectivity index (χ3v) is 4.86. The van der Waals surface area contributed by atoms with Gasteiger partial charge in [0.05, 0.1) is 0 Å². The van der Waals surface area contributed by atoms with Gasteiger partial charge in [0.25, 0.3) is 5.91 Å². The summed E-state index contributed by atoms with van der Waals surface area (Å²) in [5.74, 6) is 0.150. The van der Waals surface area contributed by atoms with Gasteiger partial charge in [-0.05, 0) is 49.7 Å². The number of aryl methyl sites for hydroxylation is 1. The first-order valence-electron chi connectivity index (χ1n) is 9.57. The van der Waals surface area contributed by atoms with Crippen molar-refractivity contribution in [1.82, 2.24) is 4.90 Å². The van der Waals surface area contributed by atoms with E-state index < -0.39 is 0 Å². The van der Waals surface area contributed by atoms with E-state index in [9.17, 15) is 9.59 Å². The minimum Gasteiger partial charge on any atom is -0.368 e. The summed E-state index contributed by atoms with van der Waals surface area (Å²) in [6.45, 7) is 7.04. The van der Waals surface area contributed by atoms with Crippen LogP contribution in [0.3, 0.4) is 0 Å². The lowest BCUT2D eigenvalue weighted by molar-refractivity contribution is -0.116. The number of piperazine rings is 1. The van der Waals surface area contributed by atoms with E-state index in [1.807, 2.05) is 67.3 Å². The first-order valence-corrected chi connectivity index (χ1v) is 9.57. The lowest BCUT2D eigenvalue weighted by Crippen LogP contribution is -2.48. The number of hydrogen-bond donors (Lipinski definition) is 1. The number of anilines is 2. The number of carbonyl (C=O) groups is 2. The van der Waals surface area contributed by atoms with E-state index in [0.29, 0.717) is 19.5 Å². The number of carbonyl (C=O) groups excluding carboxylic acids is 2. The zero-order chi connectivity index (χ0) is 19.2. The quantitative estimate of drug-likeness (QED) is 0.879. The van der Waals surface area contributed by atoms with Crippen LogP contribution >= 0.6 is 0 Å². The van der Waals surface area contributed by atoms with Gasteiger partial charge in [-0.1, -0.05) is 24.6 Å². The van der Waals surface area contributed by atoms with E-state index in [1.165, 1.54) is 0 Å². The zero-order valence-corrected chi connectivity index (χ0v) is 16.1. The molecule has 0 spiro atoms. The molecule has 1 saturated heterocycles. The SMILES string of the molecule is CCCC(=O)Nc1ccc(N2CCN(C(=O)c3ccc(C)cc3)CC2)cc1. The van der Waals surface area contributed by atoms with Crippen LogP contribution in [-0.2, 0) is 4.79 Å². The van der Waals surface area contributed by atoms with E-state index in [0.717, 1.165) is 42.0 Å². The van der Waals surface area contributed by atoms with Gasteiger partial charge in [-0.3, -0.25) is 9.59 Å². The number of rotatable bonds is 5. The summed E-state index contributed by atoms with van der Waals surface area (Å²) in [6.07, 6.45) is 1.38. The van der Waals surface area contributed by atoms with E-state index >= 15 is 0 Å². The first-order chi connectivity index (χ1) is 13.1. The van der Waals surface area contributed by atoms with Gasteiger partial charge >= 0.3 is 0 Å². The molecule has 0 aromatic heterocycles. The number of nitrogens with zero attached hydrogens (tertiary/aromatic N) is 2. The van der Waals surface area contributed by atoms with Gasteiger partial charge in [0, 0.05) is 49.5 Å². The second kappa shape index (κ2) is 8.71. The van der Waals surface area contributed by atoms with Crippen molar-refractivity contribution in [2.75, 3.05) is 36.4 Å². The Balaban J connectivity index is 1.55. The number of hydrogen-bond acceptors (Lipinski definition) is 3. The molecule has 0 unspecified atom stereocenters. The van der Waals surface area contributed by atoms with Crippen LogP contribution in [0.25, 0.3) is 0 Å². The number of nitrogens with one attached hydrogen (secondary N) is 1. The van der Waals surface area contributed by atoms with Crippen molar-refractivity contribution in [3.05, 3.63) is 59.7 Å². The maximum absolute atomic E-state index is 12.6. The highest BCUT2D eigenvalue weighted by Gasteiger charge is 2.22. The van der Waals surface area contributed by atoms with Gasteiger partial charge in [0.2, 0.25) is 5.91 Å². The Labute approximate surface area is 161 Å². The standard InChI is InChI=1S/C22H27N3O2/c1-3-4-21(26)23-19-9-11-20(12-10-19)24-13-15-25(16-14-24)22(27)18-7-5-17(2)6-8-18/h5-12H,3-4,13-16H2,1-2H3,(H,23,26). The van der Waals surface area contributed by atoms with Crippen LogP contribution in [0.4, 0.5) is 11.4 Å². The van der Waals surface area contributed by atoms with E-state index in [-0.39, 0.29) is 11.8 Å². The van der Waals surface area contributed by atoms with Crippen LogP contribution in [0.1, 0.15) is 35.7 Å². The summed E-state index contributed by atoms with van der Waals surface area (Å²) >= 11 is 0. The maximum atomic E-state index is 12.6. The summed E-state index contributed by atoms with van der Waals surface area (Å²) in [6, 6.07) is 15.7. The Kier molecular flexibility index (Phi) is 6.12. The van der Waals surface area contributed by atoms with Crippen LogP contribution in [0.5, 0.6) is 0 Å². The fourth-order valence-electron chi connectivity index (χ4n) is 3.25. The van der Waals surface area contributed by atoms with Gasteiger partial charge in [0.1, 0.15) is 0 Å². The normalized spacial score (nSPS) is 14.1.